The average Bonchev–Trinajstić information content (AvgIpc) is 2.97. The molecule has 0 spiro atoms. The Bertz CT molecular complexity index is 1290. The van der Waals surface area contributed by atoms with E-state index >= 15 is 0 Å². The Labute approximate surface area is 227 Å². The maximum Gasteiger partial charge on any atom is 0.294 e. The van der Waals surface area contributed by atoms with Crippen molar-refractivity contribution in [3.05, 3.63) is 76.9 Å². The van der Waals surface area contributed by atoms with E-state index in [1.807, 2.05) is 0 Å². The summed E-state index contributed by atoms with van der Waals surface area (Å²) in [7, 11) is 4.37. The van der Waals surface area contributed by atoms with Crippen LogP contribution >= 0.6 is 0 Å². The number of amides is 3. The van der Waals surface area contributed by atoms with Gasteiger partial charge in [0.25, 0.3) is 17.6 Å². The lowest BCUT2D eigenvalue weighted by molar-refractivity contribution is -0.124. The fourth-order valence-corrected chi connectivity index (χ4v) is 4.44. The molecule has 0 aliphatic carbocycles. The predicted molar refractivity (Wildman–Crippen MR) is 145 cm³/mol. The van der Waals surface area contributed by atoms with E-state index in [4.69, 9.17) is 4.74 Å². The van der Waals surface area contributed by atoms with Crippen LogP contribution in [0.2, 0.25) is 0 Å². The number of Topliss-reactive ketones (excluding diaryl/α,β-unsaturated/α-hetero) is 1. The highest BCUT2D eigenvalue weighted by atomic mass is 19.1. The Morgan fingerprint density at radius 1 is 1.05 bits per heavy atom. The number of hydrogen-bond acceptors (Lipinski definition) is 5. The lowest BCUT2D eigenvalue weighted by Gasteiger charge is -2.32. The van der Waals surface area contributed by atoms with Crippen molar-refractivity contribution in [1.82, 2.24) is 14.5 Å². The zero-order valence-corrected chi connectivity index (χ0v) is 23.0. The second kappa shape index (κ2) is 13.0. The fourth-order valence-electron chi connectivity index (χ4n) is 4.44. The van der Waals surface area contributed by atoms with Gasteiger partial charge in [-0.3, -0.25) is 29.3 Å². The molecule has 0 saturated carbocycles. The smallest absolute Gasteiger partial charge is 0.294 e. The maximum atomic E-state index is 13.7. The minimum Gasteiger partial charge on any atom is -0.496 e. The van der Waals surface area contributed by atoms with E-state index in [0.29, 0.717) is 24.7 Å². The molecule has 2 aromatic rings. The first-order chi connectivity index (χ1) is 18.5. The molecule has 9 nitrogen and oxygen atoms in total. The summed E-state index contributed by atoms with van der Waals surface area (Å²) in [5, 5.41) is 0. The van der Waals surface area contributed by atoms with Crippen molar-refractivity contribution in [1.29, 1.82) is 0 Å². The molecule has 39 heavy (non-hydrogen) atoms. The number of carbonyl (C=O) groups is 4. The molecule has 0 atom stereocenters. The number of benzene rings is 1. The predicted octanol–water partition coefficient (Wildman–Crippen LogP) is 3.52. The van der Waals surface area contributed by atoms with Gasteiger partial charge in [-0.2, -0.15) is 0 Å². The van der Waals surface area contributed by atoms with Crippen LogP contribution in [0.4, 0.5) is 4.39 Å². The molecule has 1 aromatic heterocycles. The van der Waals surface area contributed by atoms with E-state index < -0.39 is 17.6 Å². The van der Waals surface area contributed by atoms with Gasteiger partial charge in [0.1, 0.15) is 11.6 Å². The average molecular weight is 539 g/mol. The lowest BCUT2D eigenvalue weighted by atomic mass is 9.90. The Morgan fingerprint density at radius 2 is 1.69 bits per heavy atom. The zero-order chi connectivity index (χ0) is 28.7. The number of nitrogens with one attached hydrogen (secondary N) is 1. The number of rotatable bonds is 7. The van der Waals surface area contributed by atoms with Gasteiger partial charge in [-0.15, -0.1) is 0 Å². The van der Waals surface area contributed by atoms with Crippen molar-refractivity contribution >= 4 is 23.5 Å². The van der Waals surface area contributed by atoms with E-state index in [9.17, 15) is 23.6 Å². The molecule has 1 N–H and O–H groups in total. The Hall–Kier alpha value is -4.21. The van der Waals surface area contributed by atoms with Gasteiger partial charge in [0, 0.05) is 57.6 Å². The van der Waals surface area contributed by atoms with Gasteiger partial charge in [0.2, 0.25) is 5.91 Å². The van der Waals surface area contributed by atoms with E-state index in [2.05, 4.69) is 5.43 Å². The molecule has 1 aliphatic rings. The van der Waals surface area contributed by atoms with Gasteiger partial charge in [-0.1, -0.05) is 12.1 Å². The van der Waals surface area contributed by atoms with Crippen LogP contribution in [-0.4, -0.2) is 72.3 Å². The molecule has 3 amide bonds. The van der Waals surface area contributed by atoms with Gasteiger partial charge in [0.05, 0.1) is 12.7 Å². The summed E-state index contributed by atoms with van der Waals surface area (Å²) in [5.74, 6) is -1.86. The van der Waals surface area contributed by atoms with E-state index in [1.54, 1.807) is 30.0 Å². The van der Waals surface area contributed by atoms with Crippen molar-refractivity contribution in [3.8, 4) is 5.75 Å². The summed E-state index contributed by atoms with van der Waals surface area (Å²) in [6.07, 6.45) is 3.73. The van der Waals surface area contributed by atoms with E-state index in [0.717, 1.165) is 29.7 Å². The molecule has 1 saturated heterocycles. The Balaban J connectivity index is 1.96. The third-order valence-corrected chi connectivity index (χ3v) is 6.61. The van der Waals surface area contributed by atoms with Crippen LogP contribution in [0.3, 0.4) is 0 Å². The third kappa shape index (κ3) is 7.66. The summed E-state index contributed by atoms with van der Waals surface area (Å²) < 4.78 is 20.1. The highest BCUT2D eigenvalue weighted by Crippen LogP contribution is 2.26. The first-order valence-electron chi connectivity index (χ1n) is 12.7. The molecule has 10 heteroatoms. The maximum absolute atomic E-state index is 13.7. The van der Waals surface area contributed by atoms with Gasteiger partial charge in [-0.25, -0.2) is 4.39 Å². The SMILES string of the molecule is COc1cc(C)n(NC(C)=O)cc(C(=O)C(=O)N(C)C)ccc1C(=O)N1CCC(Cc2ccc(F)cc2)CC1. The van der Waals surface area contributed by atoms with Crippen molar-refractivity contribution in [3.63, 3.8) is 0 Å². The number of ketones is 1. The van der Waals surface area contributed by atoms with Crippen LogP contribution in [0.25, 0.3) is 0 Å². The summed E-state index contributed by atoms with van der Waals surface area (Å²) in [4.78, 5) is 53.8. The number of likely N-dealkylation sites (tertiary alicyclic amines) is 1. The Morgan fingerprint density at radius 3 is 2.26 bits per heavy atom. The number of methoxy groups -OCH3 is 1. The number of ether oxygens (including phenoxy) is 1. The van der Waals surface area contributed by atoms with E-state index in [1.165, 1.54) is 63.3 Å². The zero-order valence-electron chi connectivity index (χ0n) is 23.0. The Kier molecular flexibility index (Phi) is 9.81. The fraction of sp³-hybridized carbons (Fsp3) is 0.379. The summed E-state index contributed by atoms with van der Waals surface area (Å²) >= 11 is 0. The number of aryl methyl sites for hydroxylation is 1. The number of piperidine rings is 1. The number of carbonyl (C=O) groups excluding carboxylic acids is 4. The summed E-state index contributed by atoms with van der Waals surface area (Å²) in [5.41, 5.74) is 4.32. The topological polar surface area (TPSA) is 101 Å². The molecule has 0 unspecified atom stereocenters. The molecule has 0 bridgehead atoms. The first kappa shape index (κ1) is 29.3. The monoisotopic (exact) mass is 538 g/mol. The number of hydrogen-bond donors (Lipinski definition) is 1. The molecule has 3 rings (SSSR count). The highest BCUT2D eigenvalue weighted by Gasteiger charge is 2.26. The summed E-state index contributed by atoms with van der Waals surface area (Å²) in [6.45, 7) is 4.05. The van der Waals surface area contributed by atoms with Crippen LogP contribution in [0, 0.1) is 18.7 Å². The lowest BCUT2D eigenvalue weighted by Crippen LogP contribution is -2.39. The minimum atomic E-state index is -0.798. The molecular weight excluding hydrogens is 503 g/mol. The number of halogens is 1. The van der Waals surface area contributed by atoms with Crippen LogP contribution < -0.4 is 10.2 Å². The van der Waals surface area contributed by atoms with Crippen LogP contribution in [0.15, 0.2) is 48.7 Å². The van der Waals surface area contributed by atoms with Crippen LogP contribution in [0.5, 0.6) is 5.75 Å². The number of aromatic nitrogens is 1. The van der Waals surface area contributed by atoms with Crippen molar-refractivity contribution < 1.29 is 28.3 Å². The highest BCUT2D eigenvalue weighted by molar-refractivity contribution is 6.42. The second-order valence-corrected chi connectivity index (χ2v) is 9.82. The standard InChI is InChI=1S/C29H35FN4O5/c1-19-16-26(39-5)25(11-8-23(18-34(19)31-20(2)35)27(36)29(38)32(3)4)28(37)33-14-12-22(13-15-33)17-21-6-9-24(30)10-7-21/h6-11,16,18,22H,12-15,17H2,1-5H3,(H,31,35). The van der Waals surface area contributed by atoms with Crippen LogP contribution in [0.1, 0.15) is 51.7 Å². The molecule has 208 valence electrons. The van der Waals surface area contributed by atoms with E-state index in [-0.39, 0.29) is 28.6 Å². The number of nitrogens with zero attached hydrogens (tertiary/aromatic N) is 3. The quantitative estimate of drug-likeness (QED) is 0.430. The molecular formula is C29H35FN4O5. The second-order valence-electron chi connectivity index (χ2n) is 9.82. The van der Waals surface area contributed by atoms with Gasteiger partial charge >= 0.3 is 0 Å². The molecule has 1 aliphatic heterocycles. The molecule has 2 heterocycles. The van der Waals surface area contributed by atoms with Crippen molar-refractivity contribution in [2.45, 2.75) is 33.1 Å². The van der Waals surface area contributed by atoms with Crippen LogP contribution in [-0.2, 0) is 16.0 Å². The third-order valence-electron chi connectivity index (χ3n) is 6.61. The molecule has 0 radical (unpaired) electrons. The minimum absolute atomic E-state index is 0.0177. The van der Waals surface area contributed by atoms with Gasteiger partial charge in [0.15, 0.2) is 0 Å². The first-order valence-corrected chi connectivity index (χ1v) is 12.7. The van der Waals surface area contributed by atoms with Gasteiger partial charge in [-0.05, 0) is 61.9 Å². The van der Waals surface area contributed by atoms with Crippen molar-refractivity contribution in [2.75, 3.05) is 39.7 Å². The largest absolute Gasteiger partial charge is 0.496 e. The molecule has 1 fully saturated rings. The summed E-state index contributed by atoms with van der Waals surface area (Å²) in [6, 6.07) is 10.9. The van der Waals surface area contributed by atoms with Gasteiger partial charge < -0.3 is 14.5 Å². The number of likely N-dealkylation sites (N-methyl/N-ethyl adjacent to an activating group) is 1. The normalized spacial score (nSPS) is 13.3. The molecule has 1 aromatic carbocycles. The van der Waals surface area contributed by atoms with Crippen molar-refractivity contribution in [2.24, 2.45) is 5.92 Å².